The van der Waals surface area contributed by atoms with E-state index in [1.807, 2.05) is 24.3 Å². The monoisotopic (exact) mass is 479 g/mol. The predicted octanol–water partition coefficient (Wildman–Crippen LogP) is 4.32. The van der Waals surface area contributed by atoms with Gasteiger partial charge < -0.3 is 25.2 Å². The lowest BCUT2D eigenvalue weighted by Gasteiger charge is -2.35. The third-order valence-electron chi connectivity index (χ3n) is 6.46. The first-order chi connectivity index (χ1) is 16.5. The van der Waals surface area contributed by atoms with Gasteiger partial charge in [0, 0.05) is 50.6 Å². The number of nitrogens with zero attached hydrogens (tertiary/aromatic N) is 5. The van der Waals surface area contributed by atoms with Gasteiger partial charge in [0.1, 0.15) is 10.8 Å². The average molecular weight is 480 g/mol. The van der Waals surface area contributed by atoms with Crippen LogP contribution in [0.25, 0.3) is 0 Å². The Hall–Kier alpha value is -3.07. The fraction of sp³-hybridized carbons (Fsp3) is 0.360. The number of hydrogen-bond acceptors (Lipinski definition) is 8. The molecule has 0 aliphatic carbocycles. The Balaban J connectivity index is 1.42. The first-order valence-electron chi connectivity index (χ1n) is 11.5. The zero-order chi connectivity index (χ0) is 23.7. The summed E-state index contributed by atoms with van der Waals surface area (Å²) in [5.41, 5.74) is 5.84. The lowest BCUT2D eigenvalue weighted by molar-refractivity contribution is 0.312. The highest BCUT2D eigenvalue weighted by Crippen LogP contribution is 2.38. The van der Waals surface area contributed by atoms with Gasteiger partial charge in [0.2, 0.25) is 5.95 Å². The minimum absolute atomic E-state index is 0.444. The smallest absolute Gasteiger partial charge is 0.229 e. The van der Waals surface area contributed by atoms with Crippen LogP contribution in [0.15, 0.2) is 42.6 Å². The molecule has 1 aromatic heterocycles. The van der Waals surface area contributed by atoms with E-state index in [2.05, 4.69) is 61.5 Å². The van der Waals surface area contributed by atoms with Crippen LogP contribution < -0.4 is 20.3 Å². The number of piperazine rings is 1. The van der Waals surface area contributed by atoms with Gasteiger partial charge in [0.25, 0.3) is 0 Å². The molecule has 9 heteroatoms. The summed E-state index contributed by atoms with van der Waals surface area (Å²) in [6.07, 6.45) is 1.61. The second-order valence-corrected chi connectivity index (χ2v) is 9.30. The van der Waals surface area contributed by atoms with Crippen molar-refractivity contribution in [3.8, 4) is 5.75 Å². The number of nitrogens with one attached hydrogen (secondary N) is 2. The lowest BCUT2D eigenvalue weighted by Crippen LogP contribution is -2.44. The molecule has 2 aromatic carbocycles. The molecule has 178 valence electrons. The van der Waals surface area contributed by atoms with Crippen molar-refractivity contribution in [2.75, 3.05) is 62.9 Å². The van der Waals surface area contributed by atoms with E-state index in [0.29, 0.717) is 16.8 Å². The average Bonchev–Trinajstić information content (AvgIpc) is 3.24. The zero-order valence-corrected chi connectivity index (χ0v) is 20.6. The Morgan fingerprint density at radius 3 is 2.44 bits per heavy atom. The van der Waals surface area contributed by atoms with E-state index < -0.39 is 0 Å². The Bertz CT molecular complexity index is 1180. The molecule has 0 bridgehead atoms. The molecule has 5 rings (SSSR count). The number of rotatable bonds is 6. The van der Waals surface area contributed by atoms with E-state index in [1.54, 1.807) is 13.3 Å². The molecular formula is C25H30ClN7O. The Morgan fingerprint density at radius 2 is 1.65 bits per heavy atom. The van der Waals surface area contributed by atoms with E-state index in [9.17, 15) is 0 Å². The standard InChI is InChI=1S/C25H30ClN7O/c1-31-10-12-33(13-11-31)22-9-8-20(17-15-32(2)16-18(17)22)28-24-19(26)14-27-25(30-24)29-21-6-4-5-7-23(21)34-3/h4-9,14H,10-13,15-16H2,1-3H3,(H2,27,28,29,30). The highest BCUT2D eigenvalue weighted by atomic mass is 35.5. The maximum absolute atomic E-state index is 6.49. The molecule has 3 heterocycles. The van der Waals surface area contributed by atoms with E-state index in [0.717, 1.165) is 56.4 Å². The number of ether oxygens (including phenoxy) is 1. The molecule has 0 unspecified atom stereocenters. The van der Waals surface area contributed by atoms with Gasteiger partial charge in [-0.1, -0.05) is 23.7 Å². The van der Waals surface area contributed by atoms with Gasteiger partial charge in [-0.15, -0.1) is 0 Å². The van der Waals surface area contributed by atoms with Crippen LogP contribution in [0.2, 0.25) is 5.02 Å². The molecule has 0 saturated carbocycles. The maximum atomic E-state index is 6.49. The first-order valence-corrected chi connectivity index (χ1v) is 11.9. The van der Waals surface area contributed by atoms with Crippen LogP contribution in [0, 0.1) is 0 Å². The summed E-state index contributed by atoms with van der Waals surface area (Å²) >= 11 is 6.49. The molecule has 0 amide bonds. The van der Waals surface area contributed by atoms with Gasteiger partial charge in [0.15, 0.2) is 5.82 Å². The van der Waals surface area contributed by atoms with E-state index in [1.165, 1.54) is 16.8 Å². The molecule has 1 fully saturated rings. The fourth-order valence-corrected chi connectivity index (χ4v) is 4.74. The largest absolute Gasteiger partial charge is 0.495 e. The number of methoxy groups -OCH3 is 1. The second kappa shape index (κ2) is 9.66. The highest BCUT2D eigenvalue weighted by Gasteiger charge is 2.26. The molecular weight excluding hydrogens is 450 g/mol. The molecule has 8 nitrogen and oxygen atoms in total. The van der Waals surface area contributed by atoms with Crippen molar-refractivity contribution in [3.63, 3.8) is 0 Å². The SMILES string of the molecule is COc1ccccc1Nc1ncc(Cl)c(Nc2ccc(N3CCN(C)CC3)c3c2CN(C)C3)n1. The number of fused-ring (bicyclic) bond motifs is 1. The summed E-state index contributed by atoms with van der Waals surface area (Å²) in [7, 11) is 5.98. The molecule has 2 aliphatic heterocycles. The lowest BCUT2D eigenvalue weighted by atomic mass is 10.0. The predicted molar refractivity (Wildman–Crippen MR) is 138 cm³/mol. The summed E-state index contributed by atoms with van der Waals surface area (Å²) in [6, 6.07) is 12.0. The quantitative estimate of drug-likeness (QED) is 0.541. The van der Waals surface area contributed by atoms with E-state index >= 15 is 0 Å². The van der Waals surface area contributed by atoms with Crippen LogP contribution in [-0.4, -0.2) is 67.2 Å². The fourth-order valence-electron chi connectivity index (χ4n) is 4.61. The normalized spacial score (nSPS) is 16.4. The summed E-state index contributed by atoms with van der Waals surface area (Å²) in [4.78, 5) is 16.2. The zero-order valence-electron chi connectivity index (χ0n) is 19.8. The molecule has 0 atom stereocenters. The summed E-state index contributed by atoms with van der Waals surface area (Å²) in [6.45, 7) is 6.09. The number of halogens is 1. The van der Waals surface area contributed by atoms with Crippen molar-refractivity contribution in [2.45, 2.75) is 13.1 Å². The molecule has 0 spiro atoms. The number of para-hydroxylation sites is 2. The summed E-state index contributed by atoms with van der Waals surface area (Å²) in [5, 5.41) is 7.17. The van der Waals surface area contributed by atoms with Crippen molar-refractivity contribution in [3.05, 3.63) is 58.7 Å². The van der Waals surface area contributed by atoms with Crippen LogP contribution >= 0.6 is 11.6 Å². The molecule has 2 aliphatic rings. The van der Waals surface area contributed by atoms with Gasteiger partial charge in [-0.25, -0.2) is 4.98 Å². The van der Waals surface area contributed by atoms with E-state index in [-0.39, 0.29) is 0 Å². The first kappa shape index (κ1) is 22.7. The number of likely N-dealkylation sites (N-methyl/N-ethyl adjacent to an activating group) is 1. The number of benzene rings is 2. The van der Waals surface area contributed by atoms with Crippen molar-refractivity contribution >= 4 is 40.4 Å². The van der Waals surface area contributed by atoms with Crippen molar-refractivity contribution in [1.82, 2.24) is 19.8 Å². The van der Waals surface area contributed by atoms with Crippen molar-refractivity contribution in [1.29, 1.82) is 0 Å². The Kier molecular flexibility index (Phi) is 6.45. The third-order valence-corrected chi connectivity index (χ3v) is 6.73. The van der Waals surface area contributed by atoms with Crippen LogP contribution in [0.1, 0.15) is 11.1 Å². The molecule has 3 aromatic rings. The number of anilines is 5. The Morgan fingerprint density at radius 1 is 0.882 bits per heavy atom. The van der Waals surface area contributed by atoms with Gasteiger partial charge >= 0.3 is 0 Å². The minimum atomic E-state index is 0.444. The van der Waals surface area contributed by atoms with Gasteiger partial charge in [-0.2, -0.15) is 4.98 Å². The highest BCUT2D eigenvalue weighted by molar-refractivity contribution is 6.32. The summed E-state index contributed by atoms with van der Waals surface area (Å²) < 4.78 is 5.42. The minimum Gasteiger partial charge on any atom is -0.495 e. The Labute approximate surface area is 205 Å². The van der Waals surface area contributed by atoms with Crippen LogP contribution in [-0.2, 0) is 13.1 Å². The maximum Gasteiger partial charge on any atom is 0.229 e. The molecule has 0 radical (unpaired) electrons. The van der Waals surface area contributed by atoms with E-state index in [4.69, 9.17) is 16.3 Å². The summed E-state index contributed by atoms with van der Waals surface area (Å²) in [5.74, 6) is 1.73. The number of aromatic nitrogens is 2. The van der Waals surface area contributed by atoms with Gasteiger partial charge in [0.05, 0.1) is 19.0 Å². The van der Waals surface area contributed by atoms with Gasteiger partial charge in [-0.05, 0) is 49.5 Å². The molecule has 1 saturated heterocycles. The van der Waals surface area contributed by atoms with Crippen LogP contribution in [0.3, 0.4) is 0 Å². The molecule has 34 heavy (non-hydrogen) atoms. The van der Waals surface area contributed by atoms with Crippen LogP contribution in [0.5, 0.6) is 5.75 Å². The van der Waals surface area contributed by atoms with Crippen molar-refractivity contribution < 1.29 is 4.74 Å². The number of hydrogen-bond donors (Lipinski definition) is 2. The van der Waals surface area contributed by atoms with Crippen LogP contribution in [0.4, 0.5) is 28.8 Å². The van der Waals surface area contributed by atoms with Gasteiger partial charge in [-0.3, -0.25) is 4.90 Å². The third kappa shape index (κ3) is 4.61. The molecule has 2 N–H and O–H groups in total. The second-order valence-electron chi connectivity index (χ2n) is 8.89. The topological polar surface area (TPSA) is 68.8 Å². The van der Waals surface area contributed by atoms with Crippen molar-refractivity contribution in [2.24, 2.45) is 0 Å².